The van der Waals surface area contributed by atoms with Crippen LogP contribution in [0.5, 0.6) is 11.5 Å². The number of nitrogens with one attached hydrogen (secondary N) is 3. The monoisotopic (exact) mass is 796 g/mol. The molecule has 0 spiro atoms. The highest BCUT2D eigenvalue weighted by Crippen LogP contribution is 2.40. The molecule has 1 unspecified atom stereocenters. The van der Waals surface area contributed by atoms with Gasteiger partial charge in [-0.15, -0.1) is 12.4 Å². The van der Waals surface area contributed by atoms with Gasteiger partial charge in [-0.05, 0) is 94.4 Å². The number of hydrogen-bond donors (Lipinski definition) is 3. The standard InChI is InChI=1S/C42H34Cl2N4O6.ClH/c1-52-42(51)36(16-24-2-6-26(7-3-24)27-8-4-25(21-45)5-9-27)48-41(50)35-18-30-19-37-38(20-31(30)22-46-35)54-39(23-53-37)28-10-13-32(14-11-28)47-40(49)29-12-15-33(43)34(44)17-29;/h2-15,17,19-20,35-36,39,46H,16,18,22-23H2,1H3,(H,47,49)(H,48,50);1H/t35?,36-,39+;/m0./s1. The van der Waals surface area contributed by atoms with Crippen LogP contribution < -0.4 is 25.4 Å². The number of rotatable bonds is 9. The fourth-order valence-corrected chi connectivity index (χ4v) is 6.77. The maximum Gasteiger partial charge on any atom is 0.328 e. The Labute approximate surface area is 334 Å². The van der Waals surface area contributed by atoms with E-state index in [-0.39, 0.29) is 43.4 Å². The smallest absolute Gasteiger partial charge is 0.328 e. The Balaban J connectivity index is 0.00000514. The number of halogens is 3. The Kier molecular flexibility index (Phi) is 12.3. The number of esters is 1. The van der Waals surface area contributed by atoms with Gasteiger partial charge in [0.2, 0.25) is 5.91 Å². The molecule has 0 aliphatic carbocycles. The molecule has 5 aromatic rings. The molecule has 2 heterocycles. The number of hydrogen-bond acceptors (Lipinski definition) is 8. The molecule has 0 bridgehead atoms. The molecule has 0 fully saturated rings. The number of fused-ring (bicyclic) bond motifs is 2. The van der Waals surface area contributed by atoms with Gasteiger partial charge in [-0.2, -0.15) is 5.26 Å². The number of ether oxygens (including phenoxy) is 3. The molecule has 0 saturated heterocycles. The number of nitriles is 1. The van der Waals surface area contributed by atoms with E-state index in [9.17, 15) is 14.4 Å². The summed E-state index contributed by atoms with van der Waals surface area (Å²) in [6, 6.07) is 31.6. The molecular weight excluding hydrogens is 763 g/mol. The summed E-state index contributed by atoms with van der Waals surface area (Å²) in [5.41, 5.74) is 7.19. The van der Waals surface area contributed by atoms with Gasteiger partial charge in [-0.25, -0.2) is 4.79 Å². The zero-order valence-corrected chi connectivity index (χ0v) is 31.8. The molecule has 0 aromatic heterocycles. The highest BCUT2D eigenvalue weighted by Gasteiger charge is 2.31. The molecule has 2 amide bonds. The number of amides is 2. The van der Waals surface area contributed by atoms with Crippen molar-refractivity contribution in [2.24, 2.45) is 0 Å². The van der Waals surface area contributed by atoms with Crippen molar-refractivity contribution in [1.29, 1.82) is 5.26 Å². The van der Waals surface area contributed by atoms with Crippen LogP contribution in [0, 0.1) is 11.3 Å². The molecule has 280 valence electrons. The van der Waals surface area contributed by atoms with E-state index in [1.54, 1.807) is 36.4 Å². The first-order valence-corrected chi connectivity index (χ1v) is 18.0. The summed E-state index contributed by atoms with van der Waals surface area (Å²) in [5.74, 6) is 0.0395. The van der Waals surface area contributed by atoms with Crippen molar-refractivity contribution >= 4 is 59.1 Å². The highest BCUT2D eigenvalue weighted by molar-refractivity contribution is 6.42. The van der Waals surface area contributed by atoms with Crippen LogP contribution in [-0.4, -0.2) is 43.6 Å². The summed E-state index contributed by atoms with van der Waals surface area (Å²) in [6.07, 6.45) is 0.280. The van der Waals surface area contributed by atoms with E-state index in [0.717, 1.165) is 33.4 Å². The minimum Gasteiger partial charge on any atom is -0.485 e. The molecular formula is C42H35Cl3N4O6. The Bertz CT molecular complexity index is 2260. The molecule has 10 nitrogen and oxygen atoms in total. The van der Waals surface area contributed by atoms with Crippen LogP contribution in [0.15, 0.2) is 103 Å². The second-order valence-corrected chi connectivity index (χ2v) is 13.8. The lowest BCUT2D eigenvalue weighted by molar-refractivity contribution is -0.145. The van der Waals surface area contributed by atoms with E-state index < -0.39 is 18.1 Å². The average Bonchev–Trinajstić information content (AvgIpc) is 3.20. The molecule has 7 rings (SSSR count). The van der Waals surface area contributed by atoms with Crippen molar-refractivity contribution in [3.05, 3.63) is 147 Å². The molecule has 2 aliphatic heterocycles. The van der Waals surface area contributed by atoms with Crippen LogP contribution in [0.3, 0.4) is 0 Å². The minimum atomic E-state index is -0.878. The minimum absolute atomic E-state index is 0. The number of carbonyl (C=O) groups excluding carboxylic acids is 3. The van der Waals surface area contributed by atoms with Crippen molar-refractivity contribution in [1.82, 2.24) is 10.6 Å². The summed E-state index contributed by atoms with van der Waals surface area (Å²) in [6.45, 7) is 0.694. The lowest BCUT2D eigenvalue weighted by Gasteiger charge is -2.31. The number of nitrogens with zero attached hydrogens (tertiary/aromatic N) is 1. The van der Waals surface area contributed by atoms with Gasteiger partial charge in [0.15, 0.2) is 17.6 Å². The van der Waals surface area contributed by atoms with Gasteiger partial charge in [0.1, 0.15) is 12.6 Å². The Morgan fingerprint density at radius 2 is 1.58 bits per heavy atom. The topological polar surface area (TPSA) is 139 Å². The van der Waals surface area contributed by atoms with Crippen LogP contribution >= 0.6 is 35.6 Å². The third-order valence-electron chi connectivity index (χ3n) is 9.47. The van der Waals surface area contributed by atoms with Crippen molar-refractivity contribution in [3.8, 4) is 28.7 Å². The van der Waals surface area contributed by atoms with Gasteiger partial charge in [-0.3, -0.25) is 9.59 Å². The summed E-state index contributed by atoms with van der Waals surface area (Å²) in [5, 5.41) is 18.8. The number of carbonyl (C=O) groups is 3. The lowest BCUT2D eigenvalue weighted by Crippen LogP contribution is -2.53. The quantitative estimate of drug-likeness (QED) is 0.130. The average molecular weight is 798 g/mol. The molecule has 3 N–H and O–H groups in total. The van der Waals surface area contributed by atoms with E-state index >= 15 is 0 Å². The van der Waals surface area contributed by atoms with E-state index in [2.05, 4.69) is 22.0 Å². The second-order valence-electron chi connectivity index (χ2n) is 13.0. The predicted molar refractivity (Wildman–Crippen MR) is 212 cm³/mol. The summed E-state index contributed by atoms with van der Waals surface area (Å²) in [4.78, 5) is 38.9. The first-order chi connectivity index (χ1) is 26.2. The number of benzene rings is 5. The number of methoxy groups -OCH3 is 1. The molecule has 5 aromatic carbocycles. The Hall–Kier alpha value is -5.57. The third kappa shape index (κ3) is 9.05. The summed E-state index contributed by atoms with van der Waals surface area (Å²) < 4.78 is 17.5. The normalized spacial score (nSPS) is 16.0. The second kappa shape index (κ2) is 17.3. The predicted octanol–water partition coefficient (Wildman–Crippen LogP) is 7.63. The Morgan fingerprint density at radius 1 is 0.891 bits per heavy atom. The lowest BCUT2D eigenvalue weighted by atomic mass is 9.94. The maximum atomic E-state index is 13.5. The third-order valence-corrected chi connectivity index (χ3v) is 10.2. The van der Waals surface area contributed by atoms with E-state index in [1.807, 2.05) is 60.7 Å². The fourth-order valence-electron chi connectivity index (χ4n) is 6.47. The molecule has 3 atom stereocenters. The summed E-state index contributed by atoms with van der Waals surface area (Å²) >= 11 is 12.0. The molecule has 0 radical (unpaired) electrons. The van der Waals surface area contributed by atoms with Gasteiger partial charge in [0, 0.05) is 24.2 Å². The van der Waals surface area contributed by atoms with Gasteiger partial charge in [0.05, 0.1) is 34.8 Å². The van der Waals surface area contributed by atoms with Crippen LogP contribution in [0.4, 0.5) is 5.69 Å². The first kappa shape index (κ1) is 39.1. The van der Waals surface area contributed by atoms with E-state index in [4.69, 9.17) is 42.7 Å². The van der Waals surface area contributed by atoms with Crippen molar-refractivity contribution < 1.29 is 28.6 Å². The van der Waals surface area contributed by atoms with Crippen LogP contribution in [0.1, 0.15) is 44.3 Å². The van der Waals surface area contributed by atoms with Crippen molar-refractivity contribution in [2.75, 3.05) is 19.0 Å². The maximum absolute atomic E-state index is 13.5. The summed E-state index contributed by atoms with van der Waals surface area (Å²) in [7, 11) is 1.30. The van der Waals surface area contributed by atoms with Crippen molar-refractivity contribution in [2.45, 2.75) is 37.6 Å². The van der Waals surface area contributed by atoms with Crippen LogP contribution in [0.2, 0.25) is 10.0 Å². The van der Waals surface area contributed by atoms with Crippen molar-refractivity contribution in [3.63, 3.8) is 0 Å². The number of anilines is 1. The zero-order chi connectivity index (χ0) is 37.8. The van der Waals surface area contributed by atoms with E-state index in [0.29, 0.717) is 51.3 Å². The highest BCUT2D eigenvalue weighted by atomic mass is 35.5. The fraction of sp³-hybridized carbons (Fsp3) is 0.190. The van der Waals surface area contributed by atoms with Gasteiger partial charge >= 0.3 is 5.97 Å². The molecule has 13 heteroatoms. The van der Waals surface area contributed by atoms with E-state index in [1.165, 1.54) is 13.2 Å². The van der Waals surface area contributed by atoms with Gasteiger partial charge in [0.25, 0.3) is 5.91 Å². The van der Waals surface area contributed by atoms with Gasteiger partial charge < -0.3 is 30.2 Å². The molecule has 2 aliphatic rings. The zero-order valence-electron chi connectivity index (χ0n) is 29.4. The molecule has 0 saturated carbocycles. The first-order valence-electron chi connectivity index (χ1n) is 17.2. The van der Waals surface area contributed by atoms with Crippen LogP contribution in [0.25, 0.3) is 11.1 Å². The largest absolute Gasteiger partial charge is 0.485 e. The van der Waals surface area contributed by atoms with Gasteiger partial charge in [-0.1, -0.05) is 71.7 Å². The molecule has 55 heavy (non-hydrogen) atoms. The SMILES string of the molecule is COC(=O)[C@H](Cc1ccc(-c2ccc(C#N)cc2)cc1)NC(=O)C1Cc2cc3c(cc2CN1)O[C@@H](c1ccc(NC(=O)c2ccc(Cl)c(Cl)c2)cc1)CO3.Cl. The Morgan fingerprint density at radius 3 is 2.25 bits per heavy atom. The van der Waals surface area contributed by atoms with Crippen LogP contribution in [-0.2, 0) is 33.7 Å².